The topological polar surface area (TPSA) is 68.8 Å². The van der Waals surface area contributed by atoms with Crippen molar-refractivity contribution in [3.63, 3.8) is 0 Å². The highest BCUT2D eigenvalue weighted by Crippen LogP contribution is 2.34. The number of hydrazine groups is 1. The molecule has 0 unspecified atom stereocenters. The Morgan fingerprint density at radius 3 is 2.42 bits per heavy atom. The fourth-order valence-corrected chi connectivity index (χ4v) is 2.80. The summed E-state index contributed by atoms with van der Waals surface area (Å²) in [6, 6.07) is 16.2. The van der Waals surface area contributed by atoms with Gasteiger partial charge in [0, 0.05) is 17.4 Å². The lowest BCUT2D eigenvalue weighted by Crippen LogP contribution is -2.09. The Hall–Kier alpha value is -3.25. The van der Waals surface area contributed by atoms with Gasteiger partial charge in [-0.1, -0.05) is 30.3 Å². The Morgan fingerprint density at radius 2 is 1.71 bits per heavy atom. The lowest BCUT2D eigenvalue weighted by Gasteiger charge is -2.05. The number of nitrogen functional groups attached to an aromatic ring is 1. The fourth-order valence-electron chi connectivity index (χ4n) is 2.80. The van der Waals surface area contributed by atoms with Crippen molar-refractivity contribution in [1.29, 1.82) is 0 Å². The van der Waals surface area contributed by atoms with E-state index in [-0.39, 0.29) is 5.82 Å². The Kier molecular flexibility index (Phi) is 3.44. The Balaban J connectivity index is 2.04. The molecule has 4 rings (SSSR count). The van der Waals surface area contributed by atoms with Gasteiger partial charge in [0.1, 0.15) is 12.1 Å². The highest BCUT2D eigenvalue weighted by atomic mass is 19.1. The van der Waals surface area contributed by atoms with E-state index in [1.165, 1.54) is 18.5 Å². The molecule has 5 nitrogen and oxygen atoms in total. The molecular weight excluding hydrogens is 305 g/mol. The van der Waals surface area contributed by atoms with Crippen LogP contribution >= 0.6 is 0 Å². The molecule has 118 valence electrons. The van der Waals surface area contributed by atoms with Crippen molar-refractivity contribution in [1.82, 2.24) is 14.5 Å². The molecule has 6 heteroatoms. The minimum absolute atomic E-state index is 0.279. The van der Waals surface area contributed by atoms with Gasteiger partial charge in [-0.05, 0) is 29.8 Å². The van der Waals surface area contributed by atoms with Gasteiger partial charge in [-0.3, -0.25) is 0 Å². The molecule has 0 spiro atoms. The Bertz CT molecular complexity index is 993. The molecule has 0 aliphatic heterocycles. The van der Waals surface area contributed by atoms with Crippen LogP contribution in [0.3, 0.4) is 0 Å². The molecule has 0 saturated carbocycles. The van der Waals surface area contributed by atoms with Gasteiger partial charge in [-0.25, -0.2) is 20.2 Å². The lowest BCUT2D eigenvalue weighted by molar-refractivity contribution is 0.628. The molecule has 0 fully saturated rings. The van der Waals surface area contributed by atoms with E-state index in [4.69, 9.17) is 5.84 Å². The van der Waals surface area contributed by atoms with Crippen molar-refractivity contribution in [2.45, 2.75) is 0 Å². The Labute approximate surface area is 137 Å². The molecule has 0 atom stereocenters. The van der Waals surface area contributed by atoms with E-state index in [1.807, 2.05) is 41.1 Å². The van der Waals surface area contributed by atoms with Crippen LogP contribution in [0.2, 0.25) is 0 Å². The van der Waals surface area contributed by atoms with Crippen molar-refractivity contribution in [2.75, 3.05) is 5.43 Å². The molecule has 2 aromatic carbocycles. The summed E-state index contributed by atoms with van der Waals surface area (Å²) in [7, 11) is 0. The number of benzene rings is 2. The summed E-state index contributed by atoms with van der Waals surface area (Å²) in [5.74, 6) is 5.87. The van der Waals surface area contributed by atoms with Crippen molar-refractivity contribution >= 4 is 16.9 Å². The summed E-state index contributed by atoms with van der Waals surface area (Å²) in [5.41, 5.74) is 6.05. The smallest absolute Gasteiger partial charge is 0.153 e. The minimum atomic E-state index is -0.279. The number of hydrogen-bond acceptors (Lipinski definition) is 4. The zero-order chi connectivity index (χ0) is 16.5. The van der Waals surface area contributed by atoms with Crippen LogP contribution in [0.1, 0.15) is 0 Å². The second kappa shape index (κ2) is 5.75. The highest BCUT2D eigenvalue weighted by molar-refractivity contribution is 6.01. The number of aromatic nitrogens is 3. The van der Waals surface area contributed by atoms with Crippen LogP contribution in [0.5, 0.6) is 0 Å². The second-order valence-electron chi connectivity index (χ2n) is 5.32. The third kappa shape index (κ3) is 2.29. The summed E-state index contributed by atoms with van der Waals surface area (Å²) in [4.78, 5) is 8.61. The normalized spacial score (nSPS) is 10.9. The number of nitrogens with two attached hydrogens (primary N) is 1. The average molecular weight is 319 g/mol. The first-order chi connectivity index (χ1) is 11.8. The SMILES string of the molecule is NNc1ncnc2c1c(-c1ccc(F)cc1)cn2-c1ccccc1. The van der Waals surface area contributed by atoms with Gasteiger partial charge >= 0.3 is 0 Å². The maximum atomic E-state index is 13.3. The summed E-state index contributed by atoms with van der Waals surface area (Å²) < 4.78 is 15.2. The molecular formula is C18H14FN5. The summed E-state index contributed by atoms with van der Waals surface area (Å²) in [6.07, 6.45) is 3.42. The summed E-state index contributed by atoms with van der Waals surface area (Å²) >= 11 is 0. The van der Waals surface area contributed by atoms with E-state index in [1.54, 1.807) is 12.1 Å². The van der Waals surface area contributed by atoms with Crippen LogP contribution in [-0.4, -0.2) is 14.5 Å². The van der Waals surface area contributed by atoms with Crippen LogP contribution < -0.4 is 11.3 Å². The number of anilines is 1. The number of para-hydroxylation sites is 1. The molecule has 24 heavy (non-hydrogen) atoms. The molecule has 0 saturated heterocycles. The van der Waals surface area contributed by atoms with E-state index in [9.17, 15) is 4.39 Å². The molecule has 0 bridgehead atoms. The molecule has 0 amide bonds. The monoisotopic (exact) mass is 319 g/mol. The van der Waals surface area contributed by atoms with Gasteiger partial charge in [0.25, 0.3) is 0 Å². The summed E-state index contributed by atoms with van der Waals surface area (Å²) in [5, 5.41) is 0.787. The molecule has 4 aromatic rings. The number of rotatable bonds is 3. The number of nitrogens with one attached hydrogen (secondary N) is 1. The van der Waals surface area contributed by atoms with E-state index in [0.717, 1.165) is 27.8 Å². The predicted octanol–water partition coefficient (Wildman–Crippen LogP) is 3.51. The molecule has 0 radical (unpaired) electrons. The van der Waals surface area contributed by atoms with Gasteiger partial charge in [0.2, 0.25) is 0 Å². The Morgan fingerprint density at radius 1 is 0.958 bits per heavy atom. The third-order valence-electron chi connectivity index (χ3n) is 3.91. The lowest BCUT2D eigenvalue weighted by atomic mass is 10.1. The van der Waals surface area contributed by atoms with Gasteiger partial charge in [-0.15, -0.1) is 0 Å². The summed E-state index contributed by atoms with van der Waals surface area (Å²) in [6.45, 7) is 0. The maximum absolute atomic E-state index is 13.3. The van der Waals surface area contributed by atoms with Gasteiger partial charge < -0.3 is 9.99 Å². The van der Waals surface area contributed by atoms with Gasteiger partial charge in [0.15, 0.2) is 11.5 Å². The standard InChI is InChI=1S/C18H14FN5/c19-13-8-6-12(7-9-13)15-10-24(14-4-2-1-3-5-14)18-16(15)17(23-20)21-11-22-18/h1-11H,20H2,(H,21,22,23). The third-order valence-corrected chi connectivity index (χ3v) is 3.91. The second-order valence-corrected chi connectivity index (χ2v) is 5.32. The van der Waals surface area contributed by atoms with E-state index < -0.39 is 0 Å². The van der Waals surface area contributed by atoms with Crippen LogP contribution in [-0.2, 0) is 0 Å². The number of fused-ring (bicyclic) bond motifs is 1. The number of nitrogens with zero attached hydrogens (tertiary/aromatic N) is 3. The zero-order valence-electron chi connectivity index (χ0n) is 12.6. The number of halogens is 1. The average Bonchev–Trinajstić information content (AvgIpc) is 3.03. The zero-order valence-corrected chi connectivity index (χ0v) is 12.6. The largest absolute Gasteiger partial charge is 0.308 e. The number of hydrogen-bond donors (Lipinski definition) is 2. The molecule has 3 N–H and O–H groups in total. The predicted molar refractivity (Wildman–Crippen MR) is 92.1 cm³/mol. The molecule has 0 aliphatic carbocycles. The first-order valence-electron chi connectivity index (χ1n) is 7.42. The first-order valence-corrected chi connectivity index (χ1v) is 7.42. The van der Waals surface area contributed by atoms with Crippen LogP contribution in [0.25, 0.3) is 27.8 Å². The molecule has 2 aromatic heterocycles. The van der Waals surface area contributed by atoms with Crippen molar-refractivity contribution in [3.8, 4) is 16.8 Å². The van der Waals surface area contributed by atoms with Crippen molar-refractivity contribution in [2.24, 2.45) is 5.84 Å². The minimum Gasteiger partial charge on any atom is -0.308 e. The molecule has 0 aliphatic rings. The maximum Gasteiger partial charge on any atom is 0.153 e. The van der Waals surface area contributed by atoms with Gasteiger partial charge in [0.05, 0.1) is 5.39 Å². The van der Waals surface area contributed by atoms with Crippen LogP contribution in [0.15, 0.2) is 67.1 Å². The van der Waals surface area contributed by atoms with Crippen LogP contribution in [0.4, 0.5) is 10.2 Å². The van der Waals surface area contributed by atoms with Crippen LogP contribution in [0, 0.1) is 5.82 Å². The first kappa shape index (κ1) is 14.3. The molecule has 2 heterocycles. The quantitative estimate of drug-likeness (QED) is 0.448. The van der Waals surface area contributed by atoms with Crippen molar-refractivity contribution in [3.05, 3.63) is 72.9 Å². The van der Waals surface area contributed by atoms with Crippen molar-refractivity contribution < 1.29 is 4.39 Å². The van der Waals surface area contributed by atoms with E-state index >= 15 is 0 Å². The van der Waals surface area contributed by atoms with E-state index in [0.29, 0.717) is 5.82 Å². The van der Waals surface area contributed by atoms with E-state index in [2.05, 4.69) is 15.4 Å². The highest BCUT2D eigenvalue weighted by Gasteiger charge is 2.16. The van der Waals surface area contributed by atoms with Gasteiger partial charge in [-0.2, -0.15) is 0 Å². The fraction of sp³-hybridized carbons (Fsp3) is 0.